The summed E-state index contributed by atoms with van der Waals surface area (Å²) in [5.41, 5.74) is 2.29. The highest BCUT2D eigenvalue weighted by Crippen LogP contribution is 2.35. The first-order valence-corrected chi connectivity index (χ1v) is 6.25. The normalized spacial score (nSPS) is 19.2. The van der Waals surface area contributed by atoms with Gasteiger partial charge in [-0.2, -0.15) is 0 Å². The van der Waals surface area contributed by atoms with E-state index in [2.05, 4.69) is 6.92 Å². The van der Waals surface area contributed by atoms with E-state index < -0.39 is 0 Å². The molecule has 1 aromatic rings. The van der Waals surface area contributed by atoms with Gasteiger partial charge in [0, 0.05) is 0 Å². The van der Waals surface area contributed by atoms with Crippen LogP contribution < -0.4 is 4.74 Å². The first kappa shape index (κ1) is 11.5. The monoisotopic (exact) mass is 220 g/mol. The van der Waals surface area contributed by atoms with E-state index >= 15 is 0 Å². The predicted octanol–water partition coefficient (Wildman–Crippen LogP) is 3.24. The van der Waals surface area contributed by atoms with Crippen LogP contribution in [-0.2, 0) is 6.42 Å². The maximum Gasteiger partial charge on any atom is 0.122 e. The maximum absolute atomic E-state index is 9.90. The van der Waals surface area contributed by atoms with Crippen LogP contribution in [0.3, 0.4) is 0 Å². The van der Waals surface area contributed by atoms with E-state index in [9.17, 15) is 5.11 Å². The second kappa shape index (κ2) is 5.35. The van der Waals surface area contributed by atoms with Crippen LogP contribution in [0.25, 0.3) is 0 Å². The molecule has 0 spiro atoms. The van der Waals surface area contributed by atoms with Crippen molar-refractivity contribution in [3.63, 3.8) is 0 Å². The van der Waals surface area contributed by atoms with Gasteiger partial charge in [0.2, 0.25) is 0 Å². The number of ether oxygens (including phenoxy) is 1. The molecule has 0 fully saturated rings. The Morgan fingerprint density at radius 3 is 3.12 bits per heavy atom. The first-order chi connectivity index (χ1) is 7.83. The number of aliphatic hydroxyl groups is 1. The fraction of sp³-hybridized carbons (Fsp3) is 0.571. The molecule has 16 heavy (non-hydrogen) atoms. The fourth-order valence-corrected chi connectivity index (χ4v) is 2.25. The Labute approximate surface area is 97.3 Å². The van der Waals surface area contributed by atoms with Gasteiger partial charge >= 0.3 is 0 Å². The maximum atomic E-state index is 9.90. The van der Waals surface area contributed by atoms with E-state index in [0.29, 0.717) is 0 Å². The lowest BCUT2D eigenvalue weighted by molar-refractivity contribution is 0.155. The standard InChI is InChI=1S/C14H20O2/c1-2-3-10-16-14-9-5-6-11-12(14)7-4-8-13(11)15/h5-6,9,13,15H,2-4,7-8,10H2,1H3. The molecule has 2 heteroatoms. The zero-order chi connectivity index (χ0) is 11.4. The van der Waals surface area contributed by atoms with E-state index in [1.165, 1.54) is 5.56 Å². The Bertz CT molecular complexity index is 347. The highest BCUT2D eigenvalue weighted by atomic mass is 16.5. The summed E-state index contributed by atoms with van der Waals surface area (Å²) in [6.45, 7) is 2.94. The Hall–Kier alpha value is -1.02. The number of benzene rings is 1. The molecule has 1 atom stereocenters. The van der Waals surface area contributed by atoms with Gasteiger partial charge in [-0.15, -0.1) is 0 Å². The zero-order valence-corrected chi connectivity index (χ0v) is 9.91. The molecule has 2 nitrogen and oxygen atoms in total. The van der Waals surface area contributed by atoms with Crippen LogP contribution in [0.2, 0.25) is 0 Å². The minimum absolute atomic E-state index is 0.293. The topological polar surface area (TPSA) is 29.5 Å². The van der Waals surface area contributed by atoms with Gasteiger partial charge in [-0.1, -0.05) is 25.5 Å². The van der Waals surface area contributed by atoms with Gasteiger partial charge in [-0.25, -0.2) is 0 Å². The molecule has 0 saturated carbocycles. The lowest BCUT2D eigenvalue weighted by Crippen LogP contribution is -2.11. The molecule has 0 heterocycles. The number of aliphatic hydroxyl groups excluding tert-OH is 1. The quantitative estimate of drug-likeness (QED) is 0.789. The Balaban J connectivity index is 2.15. The third-order valence-corrected chi connectivity index (χ3v) is 3.19. The average Bonchev–Trinajstić information content (AvgIpc) is 2.31. The van der Waals surface area contributed by atoms with Gasteiger partial charge < -0.3 is 9.84 Å². The van der Waals surface area contributed by atoms with Crippen molar-refractivity contribution < 1.29 is 9.84 Å². The molecule has 1 aliphatic rings. The molecule has 0 radical (unpaired) electrons. The van der Waals surface area contributed by atoms with Gasteiger partial charge in [-0.3, -0.25) is 0 Å². The van der Waals surface area contributed by atoms with E-state index in [4.69, 9.17) is 4.74 Å². The van der Waals surface area contributed by atoms with Gasteiger partial charge in [0.05, 0.1) is 12.7 Å². The summed E-state index contributed by atoms with van der Waals surface area (Å²) in [7, 11) is 0. The Kier molecular flexibility index (Phi) is 3.83. The molecular formula is C14H20O2. The molecule has 0 saturated heterocycles. The molecule has 1 unspecified atom stereocenters. The van der Waals surface area contributed by atoms with Gasteiger partial charge in [0.25, 0.3) is 0 Å². The summed E-state index contributed by atoms with van der Waals surface area (Å²) >= 11 is 0. The number of hydrogen-bond donors (Lipinski definition) is 1. The highest BCUT2D eigenvalue weighted by molar-refractivity contribution is 5.42. The summed E-state index contributed by atoms with van der Waals surface area (Å²) in [4.78, 5) is 0. The van der Waals surface area contributed by atoms with Crippen LogP contribution in [0, 0.1) is 0 Å². The van der Waals surface area contributed by atoms with E-state index in [1.54, 1.807) is 0 Å². The lowest BCUT2D eigenvalue weighted by atomic mass is 9.89. The van der Waals surface area contributed by atoms with Crippen LogP contribution in [0.1, 0.15) is 49.8 Å². The largest absolute Gasteiger partial charge is 0.493 e. The molecule has 0 bridgehead atoms. The van der Waals surface area contributed by atoms with Crippen LogP contribution in [0.4, 0.5) is 0 Å². The summed E-state index contributed by atoms with van der Waals surface area (Å²) in [5, 5.41) is 9.90. The smallest absolute Gasteiger partial charge is 0.122 e. The van der Waals surface area contributed by atoms with Crippen molar-refractivity contribution in [1.29, 1.82) is 0 Å². The highest BCUT2D eigenvalue weighted by Gasteiger charge is 2.20. The molecule has 1 N–H and O–H groups in total. The predicted molar refractivity (Wildman–Crippen MR) is 64.7 cm³/mol. The summed E-state index contributed by atoms with van der Waals surface area (Å²) in [6, 6.07) is 6.02. The van der Waals surface area contributed by atoms with Crippen molar-refractivity contribution in [2.24, 2.45) is 0 Å². The molecular weight excluding hydrogens is 200 g/mol. The van der Waals surface area contributed by atoms with Crippen LogP contribution >= 0.6 is 0 Å². The summed E-state index contributed by atoms with van der Waals surface area (Å²) in [5.74, 6) is 0.977. The number of rotatable bonds is 4. The minimum atomic E-state index is -0.293. The molecule has 0 aliphatic heterocycles. The van der Waals surface area contributed by atoms with Crippen molar-refractivity contribution in [3.8, 4) is 5.75 Å². The fourth-order valence-electron chi connectivity index (χ4n) is 2.25. The molecule has 1 aliphatic carbocycles. The van der Waals surface area contributed by atoms with Crippen molar-refractivity contribution in [1.82, 2.24) is 0 Å². The van der Waals surface area contributed by atoms with Gasteiger partial charge in [0.1, 0.15) is 5.75 Å². The van der Waals surface area contributed by atoms with E-state index in [0.717, 1.165) is 50.0 Å². The summed E-state index contributed by atoms with van der Waals surface area (Å²) < 4.78 is 5.78. The van der Waals surface area contributed by atoms with Crippen molar-refractivity contribution in [2.45, 2.75) is 45.1 Å². The van der Waals surface area contributed by atoms with Crippen LogP contribution in [0.5, 0.6) is 5.75 Å². The van der Waals surface area contributed by atoms with Crippen molar-refractivity contribution in [3.05, 3.63) is 29.3 Å². The van der Waals surface area contributed by atoms with Crippen molar-refractivity contribution in [2.75, 3.05) is 6.61 Å². The zero-order valence-electron chi connectivity index (χ0n) is 9.91. The van der Waals surface area contributed by atoms with E-state index in [1.807, 2.05) is 18.2 Å². The minimum Gasteiger partial charge on any atom is -0.493 e. The Morgan fingerprint density at radius 1 is 1.44 bits per heavy atom. The third kappa shape index (κ3) is 2.38. The second-order valence-electron chi connectivity index (χ2n) is 4.43. The van der Waals surface area contributed by atoms with Crippen LogP contribution in [-0.4, -0.2) is 11.7 Å². The molecule has 0 aromatic heterocycles. The van der Waals surface area contributed by atoms with Crippen LogP contribution in [0.15, 0.2) is 18.2 Å². The second-order valence-corrected chi connectivity index (χ2v) is 4.43. The molecule has 0 amide bonds. The average molecular weight is 220 g/mol. The first-order valence-electron chi connectivity index (χ1n) is 6.25. The molecule has 2 rings (SSSR count). The summed E-state index contributed by atoms with van der Waals surface area (Å²) in [6.07, 6.45) is 4.92. The Morgan fingerprint density at radius 2 is 2.31 bits per heavy atom. The third-order valence-electron chi connectivity index (χ3n) is 3.19. The molecule has 1 aromatic carbocycles. The van der Waals surface area contributed by atoms with Gasteiger partial charge in [-0.05, 0) is 42.9 Å². The molecule has 88 valence electrons. The van der Waals surface area contributed by atoms with Gasteiger partial charge in [0.15, 0.2) is 0 Å². The number of fused-ring (bicyclic) bond motifs is 1. The number of unbranched alkanes of at least 4 members (excludes halogenated alkanes) is 1. The van der Waals surface area contributed by atoms with E-state index in [-0.39, 0.29) is 6.10 Å². The lowest BCUT2D eigenvalue weighted by Gasteiger charge is -2.23. The van der Waals surface area contributed by atoms with Crippen molar-refractivity contribution >= 4 is 0 Å². The number of hydrogen-bond acceptors (Lipinski definition) is 2. The SMILES string of the molecule is CCCCOc1cccc2c1CCCC2O.